The number of carboxylic acid groups (broad SMARTS) is 1. The molecule has 1 heterocycles. The fourth-order valence-corrected chi connectivity index (χ4v) is 2.23. The average Bonchev–Trinajstić information content (AvgIpc) is 2.80. The summed E-state index contributed by atoms with van der Waals surface area (Å²) in [6.45, 7) is 3.08. The van der Waals surface area contributed by atoms with Crippen molar-refractivity contribution in [1.82, 2.24) is 9.55 Å². The van der Waals surface area contributed by atoms with E-state index in [4.69, 9.17) is 10.2 Å². The van der Waals surface area contributed by atoms with Crippen LogP contribution >= 0.6 is 0 Å². The van der Waals surface area contributed by atoms with E-state index in [0.29, 0.717) is 11.4 Å². The smallest absolute Gasteiger partial charge is 0.335 e. The first-order valence-electron chi connectivity index (χ1n) is 6.44. The Hall–Kier alpha value is -1.88. The molecule has 19 heavy (non-hydrogen) atoms. The van der Waals surface area contributed by atoms with E-state index in [2.05, 4.69) is 11.9 Å². The molecule has 0 saturated heterocycles. The van der Waals surface area contributed by atoms with Crippen molar-refractivity contribution in [2.24, 2.45) is 5.92 Å². The molecule has 1 aromatic heterocycles. The molecule has 2 rings (SSSR count). The van der Waals surface area contributed by atoms with Crippen molar-refractivity contribution >= 4 is 17.0 Å². The minimum absolute atomic E-state index is 0.189. The van der Waals surface area contributed by atoms with Crippen LogP contribution in [0.2, 0.25) is 0 Å². The van der Waals surface area contributed by atoms with Gasteiger partial charge in [-0.2, -0.15) is 0 Å². The van der Waals surface area contributed by atoms with Gasteiger partial charge in [0.2, 0.25) is 0 Å². The Morgan fingerprint density at radius 3 is 2.89 bits per heavy atom. The highest BCUT2D eigenvalue weighted by atomic mass is 16.4. The van der Waals surface area contributed by atoms with Crippen molar-refractivity contribution in [3.05, 3.63) is 30.1 Å². The second-order valence-electron chi connectivity index (χ2n) is 4.69. The van der Waals surface area contributed by atoms with E-state index in [-0.39, 0.29) is 12.2 Å². The van der Waals surface area contributed by atoms with Crippen LogP contribution in [0.3, 0.4) is 0 Å². The molecule has 1 unspecified atom stereocenters. The van der Waals surface area contributed by atoms with Gasteiger partial charge >= 0.3 is 5.97 Å². The van der Waals surface area contributed by atoms with Crippen molar-refractivity contribution < 1.29 is 15.0 Å². The fraction of sp³-hybridized carbons (Fsp3) is 0.429. The molecule has 0 saturated carbocycles. The molecule has 0 fully saturated rings. The monoisotopic (exact) mass is 262 g/mol. The molecule has 1 atom stereocenters. The number of carboxylic acids is 1. The van der Waals surface area contributed by atoms with Crippen LogP contribution < -0.4 is 0 Å². The van der Waals surface area contributed by atoms with Crippen LogP contribution in [0.5, 0.6) is 0 Å². The topological polar surface area (TPSA) is 75.3 Å². The maximum absolute atomic E-state index is 10.9. The van der Waals surface area contributed by atoms with E-state index < -0.39 is 5.97 Å². The van der Waals surface area contributed by atoms with E-state index in [1.165, 1.54) is 0 Å². The second kappa shape index (κ2) is 5.84. The van der Waals surface area contributed by atoms with Crippen LogP contribution in [0.15, 0.2) is 24.5 Å². The number of aromatic nitrogens is 2. The molecule has 0 radical (unpaired) electrons. The molecule has 2 N–H and O–H groups in total. The molecule has 0 bridgehead atoms. The van der Waals surface area contributed by atoms with E-state index in [0.717, 1.165) is 24.9 Å². The van der Waals surface area contributed by atoms with E-state index >= 15 is 0 Å². The molecule has 0 amide bonds. The van der Waals surface area contributed by atoms with Crippen molar-refractivity contribution in [2.45, 2.75) is 26.3 Å². The number of aromatic carboxylic acids is 1. The van der Waals surface area contributed by atoms with Crippen LogP contribution in [-0.2, 0) is 6.54 Å². The molecular formula is C14H18N2O3. The summed E-state index contributed by atoms with van der Waals surface area (Å²) in [4.78, 5) is 15.1. The minimum Gasteiger partial charge on any atom is -0.478 e. The summed E-state index contributed by atoms with van der Waals surface area (Å²) in [6.07, 6.45) is 3.49. The van der Waals surface area contributed by atoms with Crippen LogP contribution in [-0.4, -0.2) is 32.3 Å². The van der Waals surface area contributed by atoms with Gasteiger partial charge in [-0.3, -0.25) is 0 Å². The lowest BCUT2D eigenvalue weighted by Gasteiger charge is -2.14. The minimum atomic E-state index is -0.942. The van der Waals surface area contributed by atoms with Gasteiger partial charge < -0.3 is 14.8 Å². The van der Waals surface area contributed by atoms with Gasteiger partial charge in [0, 0.05) is 13.2 Å². The molecule has 0 aliphatic rings. The Morgan fingerprint density at radius 2 is 2.26 bits per heavy atom. The summed E-state index contributed by atoms with van der Waals surface area (Å²) in [5, 5.41) is 18.0. The largest absolute Gasteiger partial charge is 0.478 e. The number of benzene rings is 1. The summed E-state index contributed by atoms with van der Waals surface area (Å²) >= 11 is 0. The van der Waals surface area contributed by atoms with E-state index in [1.54, 1.807) is 24.5 Å². The SMILES string of the molecule is CCC(CCO)Cn1cnc2cc(C(=O)O)ccc21. The third-order valence-electron chi connectivity index (χ3n) is 3.44. The zero-order valence-corrected chi connectivity index (χ0v) is 10.9. The third kappa shape index (κ3) is 2.93. The Balaban J connectivity index is 2.27. The lowest BCUT2D eigenvalue weighted by molar-refractivity contribution is 0.0697. The van der Waals surface area contributed by atoms with Crippen LogP contribution in [0.4, 0.5) is 0 Å². The summed E-state index contributed by atoms with van der Waals surface area (Å²) in [5.74, 6) is -0.537. The number of carbonyl (C=O) groups is 1. The first-order valence-corrected chi connectivity index (χ1v) is 6.44. The Bertz CT molecular complexity index is 577. The van der Waals surface area contributed by atoms with E-state index in [1.807, 2.05) is 4.57 Å². The van der Waals surface area contributed by atoms with Crippen LogP contribution in [0, 0.1) is 5.92 Å². The predicted molar refractivity (Wildman–Crippen MR) is 72.2 cm³/mol. The molecule has 2 aromatic rings. The fourth-order valence-electron chi connectivity index (χ4n) is 2.23. The molecule has 5 heteroatoms. The van der Waals surface area contributed by atoms with Crippen LogP contribution in [0.25, 0.3) is 11.0 Å². The maximum Gasteiger partial charge on any atom is 0.335 e. The molecule has 1 aromatic carbocycles. The van der Waals surface area contributed by atoms with Crippen molar-refractivity contribution in [1.29, 1.82) is 0 Å². The summed E-state index contributed by atoms with van der Waals surface area (Å²) < 4.78 is 2.02. The number of aliphatic hydroxyl groups excluding tert-OH is 1. The van der Waals surface area contributed by atoms with Gasteiger partial charge in [0.25, 0.3) is 0 Å². The number of hydrogen-bond donors (Lipinski definition) is 2. The normalized spacial score (nSPS) is 12.7. The molecule has 0 aliphatic heterocycles. The number of nitrogens with zero attached hydrogens (tertiary/aromatic N) is 2. The second-order valence-corrected chi connectivity index (χ2v) is 4.69. The highest BCUT2D eigenvalue weighted by Gasteiger charge is 2.11. The lowest BCUT2D eigenvalue weighted by Crippen LogP contribution is -2.11. The van der Waals surface area contributed by atoms with Crippen molar-refractivity contribution in [3.63, 3.8) is 0 Å². The number of aliphatic hydroxyl groups is 1. The Kier molecular flexibility index (Phi) is 4.16. The number of rotatable bonds is 6. The van der Waals surface area contributed by atoms with Gasteiger partial charge in [-0.05, 0) is 30.5 Å². The van der Waals surface area contributed by atoms with Crippen molar-refractivity contribution in [3.8, 4) is 0 Å². The first-order chi connectivity index (χ1) is 9.15. The lowest BCUT2D eigenvalue weighted by atomic mass is 10.0. The van der Waals surface area contributed by atoms with Gasteiger partial charge in [-0.15, -0.1) is 0 Å². The standard InChI is InChI=1S/C14H18N2O3/c1-2-10(5-6-17)8-16-9-15-12-7-11(14(18)19)3-4-13(12)16/h3-4,7,9-10,17H,2,5-6,8H2,1H3,(H,18,19). The maximum atomic E-state index is 10.9. The van der Waals surface area contributed by atoms with Gasteiger partial charge in [0.1, 0.15) is 0 Å². The quantitative estimate of drug-likeness (QED) is 0.836. The van der Waals surface area contributed by atoms with Gasteiger partial charge in [-0.25, -0.2) is 9.78 Å². The zero-order valence-electron chi connectivity index (χ0n) is 10.9. The summed E-state index contributed by atoms with van der Waals surface area (Å²) in [5.41, 5.74) is 1.88. The van der Waals surface area contributed by atoms with Crippen molar-refractivity contribution in [2.75, 3.05) is 6.61 Å². The molecule has 0 aliphatic carbocycles. The summed E-state index contributed by atoms with van der Waals surface area (Å²) in [7, 11) is 0. The molecular weight excluding hydrogens is 244 g/mol. The predicted octanol–water partition coefficient (Wildman–Crippen LogP) is 2.14. The summed E-state index contributed by atoms with van der Waals surface area (Å²) in [6, 6.07) is 4.97. The number of imidazole rings is 1. The highest BCUT2D eigenvalue weighted by molar-refractivity contribution is 5.92. The van der Waals surface area contributed by atoms with E-state index in [9.17, 15) is 4.79 Å². The number of hydrogen-bond acceptors (Lipinski definition) is 3. The molecule has 0 spiro atoms. The average molecular weight is 262 g/mol. The van der Waals surface area contributed by atoms with Gasteiger partial charge in [0.15, 0.2) is 0 Å². The molecule has 5 nitrogen and oxygen atoms in total. The van der Waals surface area contributed by atoms with Gasteiger partial charge in [0.05, 0.1) is 22.9 Å². The first kappa shape index (κ1) is 13.5. The number of fused-ring (bicyclic) bond motifs is 1. The highest BCUT2D eigenvalue weighted by Crippen LogP contribution is 2.18. The van der Waals surface area contributed by atoms with Gasteiger partial charge in [-0.1, -0.05) is 13.3 Å². The zero-order chi connectivity index (χ0) is 13.8. The third-order valence-corrected chi connectivity index (χ3v) is 3.44. The molecule has 102 valence electrons. The van der Waals surface area contributed by atoms with Crippen LogP contribution in [0.1, 0.15) is 30.1 Å². The Labute approximate surface area is 111 Å². The Morgan fingerprint density at radius 1 is 1.47 bits per heavy atom.